The van der Waals surface area contributed by atoms with Gasteiger partial charge in [-0.15, -0.1) is 0 Å². The van der Waals surface area contributed by atoms with Crippen molar-refractivity contribution in [1.29, 1.82) is 0 Å². The van der Waals surface area contributed by atoms with Gasteiger partial charge in [0.1, 0.15) is 6.04 Å². The van der Waals surface area contributed by atoms with Crippen LogP contribution in [0.4, 0.5) is 0 Å². The van der Waals surface area contributed by atoms with Gasteiger partial charge in [0, 0.05) is 19.7 Å². The Hall–Kier alpha value is -1.06. The van der Waals surface area contributed by atoms with Gasteiger partial charge in [-0.1, -0.05) is 59.9 Å². The van der Waals surface area contributed by atoms with Crippen LogP contribution in [0.3, 0.4) is 0 Å². The van der Waals surface area contributed by atoms with Crippen molar-refractivity contribution < 1.29 is 23.9 Å². The van der Waals surface area contributed by atoms with Crippen LogP contribution in [-0.2, 0) is 19.1 Å². The Morgan fingerprint density at radius 2 is 1.59 bits per heavy atom. The Labute approximate surface area is 193 Å². The fourth-order valence-corrected chi connectivity index (χ4v) is 6.97. The van der Waals surface area contributed by atoms with Gasteiger partial charge in [0.25, 0.3) is 0 Å². The molecule has 2 amide bonds. The number of ketones is 1. The minimum Gasteiger partial charge on any atom is -0.456 e. The molecule has 7 atom stereocenters. The highest BCUT2D eigenvalue weighted by Gasteiger charge is 2.67. The molecule has 1 aromatic rings. The van der Waals surface area contributed by atoms with Gasteiger partial charge in [0.05, 0.1) is 11.8 Å². The van der Waals surface area contributed by atoms with E-state index in [-0.39, 0.29) is 50.9 Å². The molecule has 3 fully saturated rings. The van der Waals surface area contributed by atoms with Gasteiger partial charge in [-0.25, -0.2) is 4.79 Å². The van der Waals surface area contributed by atoms with Gasteiger partial charge in [0.2, 0.25) is 11.8 Å². The molecule has 2 aliphatic carbocycles. The molecule has 1 saturated heterocycles. The van der Waals surface area contributed by atoms with E-state index in [2.05, 4.69) is 47.8 Å². The van der Waals surface area contributed by atoms with Crippen LogP contribution in [0, 0.1) is 23.7 Å². The third kappa shape index (κ3) is 3.43. The zero-order chi connectivity index (χ0) is 21.0. The molecular formula is C20H18Br3NO5. The first-order chi connectivity index (χ1) is 13.7. The molecule has 1 heterocycles. The van der Waals surface area contributed by atoms with Crippen molar-refractivity contribution in [3.63, 3.8) is 0 Å². The van der Waals surface area contributed by atoms with E-state index < -0.39 is 18.6 Å². The molecule has 0 radical (unpaired) electrons. The summed E-state index contributed by atoms with van der Waals surface area (Å²) in [6, 6.07) is 5.64. The smallest absolute Gasteiger partial charge is 0.329 e. The average Bonchev–Trinajstić information content (AvgIpc) is 3.30. The lowest BCUT2D eigenvalue weighted by atomic mass is 9.81. The summed E-state index contributed by atoms with van der Waals surface area (Å²) in [6.45, 7) is 1.04. The summed E-state index contributed by atoms with van der Waals surface area (Å²) in [7, 11) is 0. The molecule has 0 N–H and O–H groups in total. The summed E-state index contributed by atoms with van der Waals surface area (Å²) < 4.78 is 5.96. The fourth-order valence-electron chi connectivity index (χ4n) is 4.84. The molecule has 29 heavy (non-hydrogen) atoms. The maximum Gasteiger partial charge on any atom is 0.329 e. The number of nitrogens with zero attached hydrogens (tertiary/aromatic N) is 1. The molecule has 4 rings (SSSR count). The maximum absolute atomic E-state index is 13.0. The number of amides is 2. The molecule has 1 aromatic carbocycles. The van der Waals surface area contributed by atoms with Gasteiger partial charge in [0.15, 0.2) is 12.4 Å². The number of alkyl halides is 2. The van der Waals surface area contributed by atoms with Crippen molar-refractivity contribution in [2.24, 2.45) is 23.7 Å². The third-order valence-corrected chi connectivity index (χ3v) is 10.00. The Morgan fingerprint density at radius 1 is 1.07 bits per heavy atom. The minimum atomic E-state index is -1.06. The van der Waals surface area contributed by atoms with Gasteiger partial charge >= 0.3 is 5.97 Å². The number of benzene rings is 1. The van der Waals surface area contributed by atoms with Crippen LogP contribution in [0.1, 0.15) is 23.7 Å². The summed E-state index contributed by atoms with van der Waals surface area (Å²) in [6.07, 6.45) is 0.826. The number of rotatable bonds is 5. The number of hydrogen-bond donors (Lipinski definition) is 0. The second kappa shape index (κ2) is 7.89. The first-order valence-electron chi connectivity index (χ1n) is 9.32. The number of halogens is 3. The van der Waals surface area contributed by atoms with Crippen molar-refractivity contribution >= 4 is 71.4 Å². The van der Waals surface area contributed by atoms with Crippen molar-refractivity contribution in [2.75, 3.05) is 6.61 Å². The number of carbonyl (C=O) groups is 4. The predicted molar refractivity (Wildman–Crippen MR) is 115 cm³/mol. The van der Waals surface area contributed by atoms with E-state index in [1.54, 1.807) is 24.3 Å². The largest absolute Gasteiger partial charge is 0.456 e. The zero-order valence-electron chi connectivity index (χ0n) is 15.4. The Morgan fingerprint density at radius 3 is 2.10 bits per heavy atom. The molecule has 6 nitrogen and oxygen atoms in total. The lowest BCUT2D eigenvalue weighted by Crippen LogP contribution is -2.45. The molecule has 0 spiro atoms. The number of ether oxygens (including phenoxy) is 1. The summed E-state index contributed by atoms with van der Waals surface area (Å²) >= 11 is 10.6. The fraction of sp³-hybridized carbons (Fsp3) is 0.500. The average molecular weight is 592 g/mol. The number of Topliss-reactive ketones (excluding diaryl/α,β-unsaturated/α-hetero) is 1. The minimum absolute atomic E-state index is 0.0815. The highest BCUT2D eigenvalue weighted by Crippen LogP contribution is 2.60. The topological polar surface area (TPSA) is 80.8 Å². The zero-order valence-corrected chi connectivity index (χ0v) is 20.1. The van der Waals surface area contributed by atoms with E-state index in [1.807, 2.05) is 0 Å². The standard InChI is InChI=1S/C20H18Br3NO5/c1-8(20(28)29-7-13(25)9-2-4-10(21)5-3-9)24-18(26)14-11-6-12(15(14)19(24)27)17(23)16(11)22/h2-5,8,11-12,14-17H,6-7H2,1H3/t8-,11-,12-,14-,15-,16-,17+/m1/s1. The molecule has 3 aliphatic rings. The lowest BCUT2D eigenvalue weighted by molar-refractivity contribution is -0.157. The highest BCUT2D eigenvalue weighted by atomic mass is 79.9. The van der Waals surface area contributed by atoms with Gasteiger partial charge in [-0.3, -0.25) is 19.3 Å². The molecule has 2 bridgehead atoms. The van der Waals surface area contributed by atoms with Gasteiger partial charge in [-0.2, -0.15) is 0 Å². The summed E-state index contributed by atoms with van der Waals surface area (Å²) in [5.74, 6) is -2.32. The van der Waals surface area contributed by atoms with Crippen molar-refractivity contribution in [2.45, 2.75) is 29.0 Å². The van der Waals surface area contributed by atoms with Crippen LogP contribution in [0.25, 0.3) is 0 Å². The molecule has 9 heteroatoms. The van der Waals surface area contributed by atoms with Crippen LogP contribution in [0.2, 0.25) is 0 Å². The van der Waals surface area contributed by atoms with E-state index in [0.717, 1.165) is 15.8 Å². The number of imide groups is 1. The second-order valence-electron chi connectivity index (χ2n) is 7.76. The Balaban J connectivity index is 1.42. The lowest BCUT2D eigenvalue weighted by Gasteiger charge is -2.28. The monoisotopic (exact) mass is 589 g/mol. The van der Waals surface area contributed by atoms with Crippen LogP contribution >= 0.6 is 47.8 Å². The number of hydrogen-bond acceptors (Lipinski definition) is 5. The van der Waals surface area contributed by atoms with Crippen molar-refractivity contribution in [1.82, 2.24) is 4.90 Å². The van der Waals surface area contributed by atoms with Crippen LogP contribution in [0.15, 0.2) is 28.7 Å². The van der Waals surface area contributed by atoms with Gasteiger partial charge in [-0.05, 0) is 37.3 Å². The maximum atomic E-state index is 13.0. The van der Waals surface area contributed by atoms with E-state index >= 15 is 0 Å². The number of carbonyl (C=O) groups excluding carboxylic acids is 4. The highest BCUT2D eigenvalue weighted by molar-refractivity contribution is 9.12. The normalized spacial score (nSPS) is 33.7. The second-order valence-corrected chi connectivity index (χ2v) is 10.8. The predicted octanol–water partition coefficient (Wildman–Crippen LogP) is 3.34. The summed E-state index contributed by atoms with van der Waals surface area (Å²) in [4.78, 5) is 52.0. The molecule has 1 aliphatic heterocycles. The third-order valence-electron chi connectivity index (χ3n) is 6.26. The summed E-state index contributed by atoms with van der Waals surface area (Å²) in [5.41, 5.74) is 0.416. The number of likely N-dealkylation sites (tertiary alicyclic amines) is 1. The number of esters is 1. The first-order valence-corrected chi connectivity index (χ1v) is 11.9. The number of fused-ring (bicyclic) bond motifs is 5. The van der Waals surface area contributed by atoms with E-state index in [0.29, 0.717) is 5.56 Å². The quantitative estimate of drug-likeness (QED) is 0.227. The molecule has 0 unspecified atom stereocenters. The SMILES string of the molecule is C[C@H](C(=O)OCC(=O)c1ccc(Br)cc1)N1C(=O)[C@@H]2[C@H]3C[C@@H]([C@@H](Br)[C@H]3Br)[C@H]2C1=O. The molecular weight excluding hydrogens is 574 g/mol. The van der Waals surface area contributed by atoms with E-state index in [9.17, 15) is 19.2 Å². The molecule has 0 aromatic heterocycles. The van der Waals surface area contributed by atoms with E-state index in [1.165, 1.54) is 6.92 Å². The molecule has 2 saturated carbocycles. The first kappa shape index (κ1) is 21.2. The van der Waals surface area contributed by atoms with E-state index in [4.69, 9.17) is 4.74 Å². The Bertz CT molecular complexity index is 857. The van der Waals surface area contributed by atoms with Crippen molar-refractivity contribution in [3.8, 4) is 0 Å². The Kier molecular flexibility index (Phi) is 5.76. The van der Waals surface area contributed by atoms with Crippen LogP contribution in [-0.4, -0.2) is 50.8 Å². The summed E-state index contributed by atoms with van der Waals surface area (Å²) in [5, 5.41) is 0. The van der Waals surface area contributed by atoms with Gasteiger partial charge < -0.3 is 4.74 Å². The van der Waals surface area contributed by atoms with Crippen LogP contribution in [0.5, 0.6) is 0 Å². The molecule has 154 valence electrons. The van der Waals surface area contributed by atoms with Crippen molar-refractivity contribution in [3.05, 3.63) is 34.3 Å². The van der Waals surface area contributed by atoms with Crippen LogP contribution < -0.4 is 0 Å².